The van der Waals surface area contributed by atoms with Gasteiger partial charge in [0.1, 0.15) is 11.5 Å². The monoisotopic (exact) mass is 342 g/mol. The van der Waals surface area contributed by atoms with Crippen molar-refractivity contribution in [3.05, 3.63) is 50.1 Å². The zero-order chi connectivity index (χ0) is 13.8. The first-order valence-electron chi connectivity index (χ1n) is 5.71. The second-order valence-corrected chi connectivity index (χ2v) is 5.86. The number of carbonyl (C=O) groups is 1. The number of aromatic nitrogens is 1. The Hall–Kier alpha value is -1.11. The molecule has 0 unspecified atom stereocenters. The molecule has 0 radical (unpaired) electrons. The highest BCUT2D eigenvalue weighted by atomic mass is 79.9. The molecule has 0 bridgehead atoms. The zero-order valence-corrected chi connectivity index (χ0v) is 12.4. The molecular formula is C13H12BrFN2OS. The number of rotatable bonds is 5. The second kappa shape index (κ2) is 6.36. The van der Waals surface area contributed by atoms with Gasteiger partial charge in [-0.05, 0) is 30.3 Å². The van der Waals surface area contributed by atoms with Crippen LogP contribution in [0, 0.1) is 5.82 Å². The Morgan fingerprint density at radius 1 is 1.47 bits per heavy atom. The Balaban J connectivity index is 2.13. The molecule has 0 saturated carbocycles. The third-order valence-corrected chi connectivity index (χ3v) is 3.96. The van der Waals surface area contributed by atoms with Crippen LogP contribution in [-0.2, 0) is 12.8 Å². The van der Waals surface area contributed by atoms with Crippen molar-refractivity contribution < 1.29 is 9.18 Å². The van der Waals surface area contributed by atoms with Gasteiger partial charge in [0.15, 0.2) is 5.78 Å². The maximum atomic E-state index is 13.6. The fourth-order valence-corrected chi connectivity index (χ4v) is 2.85. The number of ketones is 1. The number of hydrogen-bond donors (Lipinski definition) is 1. The van der Waals surface area contributed by atoms with Crippen molar-refractivity contribution in [3.63, 3.8) is 0 Å². The average molecular weight is 343 g/mol. The molecule has 1 aromatic carbocycles. The number of Topliss-reactive ketones (excluding diaryl/α,β-unsaturated/α-hetero) is 1. The fraction of sp³-hybridized carbons (Fsp3) is 0.231. The summed E-state index contributed by atoms with van der Waals surface area (Å²) in [6.07, 6.45) is 0.667. The van der Waals surface area contributed by atoms with E-state index < -0.39 is 0 Å². The molecule has 0 spiro atoms. The summed E-state index contributed by atoms with van der Waals surface area (Å²) in [6.45, 7) is 0.501. The van der Waals surface area contributed by atoms with Crippen molar-refractivity contribution in [2.75, 3.05) is 6.54 Å². The van der Waals surface area contributed by atoms with E-state index in [1.54, 1.807) is 17.5 Å². The van der Waals surface area contributed by atoms with Crippen molar-refractivity contribution in [2.24, 2.45) is 5.73 Å². The minimum Gasteiger partial charge on any atom is -0.330 e. The van der Waals surface area contributed by atoms with Gasteiger partial charge < -0.3 is 5.73 Å². The summed E-state index contributed by atoms with van der Waals surface area (Å²) >= 11 is 4.67. The molecular weight excluding hydrogens is 331 g/mol. The van der Waals surface area contributed by atoms with Crippen LogP contribution in [-0.4, -0.2) is 17.3 Å². The molecule has 0 atom stereocenters. The minimum atomic E-state index is -0.381. The van der Waals surface area contributed by atoms with E-state index in [1.807, 2.05) is 0 Å². The highest BCUT2D eigenvalue weighted by Crippen LogP contribution is 2.18. The van der Waals surface area contributed by atoms with Crippen LogP contribution in [0.1, 0.15) is 21.1 Å². The normalized spacial score (nSPS) is 10.7. The van der Waals surface area contributed by atoms with Crippen LogP contribution < -0.4 is 5.73 Å². The Kier molecular flexibility index (Phi) is 4.79. The lowest BCUT2D eigenvalue weighted by molar-refractivity contribution is 0.0987. The van der Waals surface area contributed by atoms with Crippen LogP contribution >= 0.6 is 27.3 Å². The summed E-state index contributed by atoms with van der Waals surface area (Å²) in [6, 6.07) is 4.56. The van der Waals surface area contributed by atoms with Gasteiger partial charge in [-0.3, -0.25) is 4.79 Å². The smallest absolute Gasteiger partial charge is 0.186 e. The molecule has 100 valence electrons. The Labute approximate surface area is 122 Å². The Morgan fingerprint density at radius 3 is 3.00 bits per heavy atom. The van der Waals surface area contributed by atoms with Gasteiger partial charge in [0.05, 0.1) is 5.01 Å². The Bertz CT molecular complexity index is 600. The van der Waals surface area contributed by atoms with Gasteiger partial charge in [-0.1, -0.05) is 15.9 Å². The summed E-state index contributed by atoms with van der Waals surface area (Å²) < 4.78 is 14.3. The van der Waals surface area contributed by atoms with E-state index in [0.29, 0.717) is 24.2 Å². The lowest BCUT2D eigenvalue weighted by Crippen LogP contribution is -2.07. The summed E-state index contributed by atoms with van der Waals surface area (Å²) in [4.78, 5) is 16.2. The number of hydrogen-bond acceptors (Lipinski definition) is 4. The molecule has 3 nitrogen and oxygen atoms in total. The van der Waals surface area contributed by atoms with Gasteiger partial charge in [0.25, 0.3) is 0 Å². The van der Waals surface area contributed by atoms with Crippen LogP contribution in [0.25, 0.3) is 0 Å². The summed E-state index contributed by atoms with van der Waals surface area (Å²) in [5.41, 5.74) is 6.18. The molecule has 2 N–H and O–H groups in total. The zero-order valence-electron chi connectivity index (χ0n) is 10.0. The van der Waals surface area contributed by atoms with Crippen LogP contribution in [0.5, 0.6) is 0 Å². The lowest BCUT2D eigenvalue weighted by Gasteiger charge is -2.02. The predicted molar refractivity (Wildman–Crippen MR) is 77.0 cm³/mol. The van der Waals surface area contributed by atoms with E-state index >= 15 is 0 Å². The van der Waals surface area contributed by atoms with Gasteiger partial charge in [-0.25, -0.2) is 9.37 Å². The van der Waals surface area contributed by atoms with Gasteiger partial charge in [-0.15, -0.1) is 11.3 Å². The quantitative estimate of drug-likeness (QED) is 0.850. The van der Waals surface area contributed by atoms with Crippen molar-refractivity contribution >= 4 is 33.0 Å². The molecule has 0 amide bonds. The van der Waals surface area contributed by atoms with Crippen molar-refractivity contribution in [3.8, 4) is 0 Å². The summed E-state index contributed by atoms with van der Waals surface area (Å²) in [5, 5.41) is 2.53. The van der Waals surface area contributed by atoms with Gasteiger partial charge in [0, 0.05) is 22.7 Å². The predicted octanol–water partition coefficient (Wildman–Crippen LogP) is 2.97. The minimum absolute atomic E-state index is 0.0110. The van der Waals surface area contributed by atoms with Crippen LogP contribution in [0.2, 0.25) is 0 Å². The molecule has 6 heteroatoms. The largest absolute Gasteiger partial charge is 0.330 e. The van der Waals surface area contributed by atoms with Crippen LogP contribution in [0.4, 0.5) is 4.39 Å². The van der Waals surface area contributed by atoms with E-state index in [0.717, 1.165) is 9.48 Å². The number of nitrogens with zero attached hydrogens (tertiary/aromatic N) is 1. The summed E-state index contributed by atoms with van der Waals surface area (Å²) in [7, 11) is 0. The van der Waals surface area contributed by atoms with Gasteiger partial charge in [0.2, 0.25) is 0 Å². The molecule has 1 aromatic heterocycles. The molecule has 0 aliphatic heterocycles. The van der Waals surface area contributed by atoms with Crippen LogP contribution in [0.15, 0.2) is 28.1 Å². The first-order chi connectivity index (χ1) is 9.10. The van der Waals surface area contributed by atoms with Crippen molar-refractivity contribution in [1.82, 2.24) is 4.98 Å². The maximum Gasteiger partial charge on any atom is 0.186 e. The molecule has 0 aliphatic rings. The third kappa shape index (κ3) is 3.68. The van der Waals surface area contributed by atoms with Crippen LogP contribution in [0.3, 0.4) is 0 Å². The molecule has 19 heavy (non-hydrogen) atoms. The van der Waals surface area contributed by atoms with E-state index in [-0.39, 0.29) is 18.0 Å². The van der Waals surface area contributed by atoms with E-state index in [1.165, 1.54) is 17.4 Å². The fourth-order valence-electron chi connectivity index (χ4n) is 1.62. The van der Waals surface area contributed by atoms with E-state index in [2.05, 4.69) is 20.9 Å². The molecule has 2 rings (SSSR count). The van der Waals surface area contributed by atoms with E-state index in [4.69, 9.17) is 5.73 Å². The summed E-state index contributed by atoms with van der Waals surface area (Å²) in [5.74, 6) is -0.564. The highest BCUT2D eigenvalue weighted by molar-refractivity contribution is 9.10. The maximum absolute atomic E-state index is 13.6. The second-order valence-electron chi connectivity index (χ2n) is 4.00. The molecule has 0 saturated heterocycles. The van der Waals surface area contributed by atoms with Gasteiger partial charge in [-0.2, -0.15) is 0 Å². The SMILES string of the molecule is NCCc1nc(C(=O)Cc2cc(Br)ccc2F)cs1. The topological polar surface area (TPSA) is 56.0 Å². The lowest BCUT2D eigenvalue weighted by atomic mass is 10.1. The van der Waals surface area contributed by atoms with Gasteiger partial charge >= 0.3 is 0 Å². The molecule has 1 heterocycles. The first kappa shape index (κ1) is 14.3. The first-order valence-corrected chi connectivity index (χ1v) is 7.39. The van der Waals surface area contributed by atoms with Crippen molar-refractivity contribution in [1.29, 1.82) is 0 Å². The number of benzene rings is 1. The highest BCUT2D eigenvalue weighted by Gasteiger charge is 2.14. The number of thiazole rings is 1. The Morgan fingerprint density at radius 2 is 2.26 bits per heavy atom. The number of nitrogens with two attached hydrogens (primary N) is 1. The molecule has 0 aliphatic carbocycles. The number of carbonyl (C=O) groups excluding carboxylic acids is 1. The molecule has 2 aromatic rings. The average Bonchev–Trinajstić information content (AvgIpc) is 2.83. The van der Waals surface area contributed by atoms with Crippen molar-refractivity contribution in [2.45, 2.75) is 12.8 Å². The molecule has 0 fully saturated rings. The standard InChI is InChI=1S/C13H12BrFN2OS/c14-9-1-2-10(15)8(5-9)6-12(18)11-7-19-13(17-11)3-4-16/h1-2,5,7H,3-4,6,16H2. The number of halogens is 2. The third-order valence-electron chi connectivity index (χ3n) is 2.55. The van der Waals surface area contributed by atoms with E-state index in [9.17, 15) is 9.18 Å².